The molecule has 3 aliphatic carbocycles. The second-order valence-electron chi connectivity index (χ2n) is 11.7. The Morgan fingerprint density at radius 1 is 1.18 bits per heavy atom. The van der Waals surface area contributed by atoms with Crippen LogP contribution in [0.3, 0.4) is 0 Å². The van der Waals surface area contributed by atoms with E-state index in [1.54, 1.807) is 11.3 Å². The van der Waals surface area contributed by atoms with E-state index in [1.165, 1.54) is 76.8 Å². The van der Waals surface area contributed by atoms with Crippen molar-refractivity contribution < 1.29 is 9.53 Å². The fourth-order valence-electron chi connectivity index (χ4n) is 6.64. The van der Waals surface area contributed by atoms with Gasteiger partial charge in [0, 0.05) is 0 Å². The zero-order valence-electron chi connectivity index (χ0n) is 24.6. The Balaban J connectivity index is 1.36. The third kappa shape index (κ3) is 6.91. The standard InChI is InChI=1S/C33H46BN3O2S/c1-3-4-11-24-20-35-19-18-26(24)28(22(2)23-12-5-6-13-23)21-36-33(38)37-32-30(27-16-9-10-17-29(27)40-32)31(34)39-25-14-7-8-15-25/h5,12-13,25,34-35H,3-4,6-11,14-21H2,1-2H3,(H2,36,37,38)/b28-22+. The van der Waals surface area contributed by atoms with E-state index in [-0.39, 0.29) is 12.1 Å². The Morgan fingerprint density at radius 3 is 2.77 bits per heavy atom. The number of ether oxygens (including phenoxy) is 1. The predicted molar refractivity (Wildman–Crippen MR) is 171 cm³/mol. The van der Waals surface area contributed by atoms with E-state index in [0.29, 0.717) is 6.54 Å². The van der Waals surface area contributed by atoms with Crippen LogP contribution in [-0.2, 0) is 17.6 Å². The minimum absolute atomic E-state index is 0.153. The molecule has 1 aromatic rings. The number of urea groups is 1. The third-order valence-corrected chi connectivity index (χ3v) is 10.1. The Morgan fingerprint density at radius 2 is 2.00 bits per heavy atom. The number of anilines is 1. The van der Waals surface area contributed by atoms with Crippen LogP contribution < -0.4 is 16.0 Å². The molecule has 1 saturated carbocycles. The molecule has 0 spiro atoms. The SMILES string of the molecule is B=C(OC1CCCC1)c1c(NC(=O)NC/C(C2=C(CCCC)CNCC2)=C(/C)C2=CCC=C2)sc2c1CCCC2. The van der Waals surface area contributed by atoms with E-state index in [2.05, 4.69) is 55.5 Å². The topological polar surface area (TPSA) is 62.4 Å². The Bertz CT molecular complexity index is 1230. The first-order valence-corrected chi connectivity index (χ1v) is 16.4. The number of unbranched alkanes of at least 4 members (excludes halogenated alkanes) is 1. The number of carbonyl (C=O) groups is 1. The van der Waals surface area contributed by atoms with Crippen molar-refractivity contribution in [2.24, 2.45) is 0 Å². The van der Waals surface area contributed by atoms with Gasteiger partial charge in [-0.05, 0) is 0 Å². The molecule has 5 nitrogen and oxygen atoms in total. The number of nitrogens with one attached hydrogen (secondary N) is 3. The number of amides is 2. The first-order chi connectivity index (χ1) is 19.5. The summed E-state index contributed by atoms with van der Waals surface area (Å²) in [6.07, 6.45) is 21.6. The summed E-state index contributed by atoms with van der Waals surface area (Å²) in [5.74, 6) is 0. The summed E-state index contributed by atoms with van der Waals surface area (Å²) in [5.41, 5.74) is 9.90. The van der Waals surface area contributed by atoms with Gasteiger partial charge in [0.2, 0.25) is 0 Å². The van der Waals surface area contributed by atoms with Crippen molar-refractivity contribution in [1.29, 1.82) is 0 Å². The van der Waals surface area contributed by atoms with E-state index < -0.39 is 0 Å². The second-order valence-corrected chi connectivity index (χ2v) is 12.8. The van der Waals surface area contributed by atoms with Gasteiger partial charge in [0.15, 0.2) is 0 Å². The number of aryl methyl sites for hydroxylation is 1. The van der Waals surface area contributed by atoms with Gasteiger partial charge in [-0.15, -0.1) is 0 Å². The summed E-state index contributed by atoms with van der Waals surface area (Å²) in [4.78, 5) is 14.8. The molecule has 0 saturated heterocycles. The van der Waals surface area contributed by atoms with Crippen LogP contribution in [-0.4, -0.2) is 44.9 Å². The van der Waals surface area contributed by atoms with Gasteiger partial charge in [-0.3, -0.25) is 0 Å². The Hall–Kier alpha value is -2.38. The van der Waals surface area contributed by atoms with Gasteiger partial charge in [-0.25, -0.2) is 0 Å². The zero-order valence-corrected chi connectivity index (χ0v) is 25.4. The van der Waals surface area contributed by atoms with Crippen molar-refractivity contribution in [3.05, 3.63) is 62.1 Å². The predicted octanol–water partition coefficient (Wildman–Crippen LogP) is 6.77. The molecular formula is C33H46BN3O2S. The van der Waals surface area contributed by atoms with Crippen LogP contribution in [0.15, 0.2) is 46.1 Å². The maximum atomic E-state index is 13.5. The van der Waals surface area contributed by atoms with Crippen LogP contribution in [0.25, 0.3) is 0 Å². The molecule has 0 aromatic carbocycles. The molecule has 1 aliphatic heterocycles. The molecular weight excluding hydrogens is 513 g/mol. The van der Waals surface area contributed by atoms with E-state index in [4.69, 9.17) is 4.74 Å². The number of hydrogen-bond donors (Lipinski definition) is 3. The molecule has 40 heavy (non-hydrogen) atoms. The van der Waals surface area contributed by atoms with Gasteiger partial charge >= 0.3 is 233 Å². The van der Waals surface area contributed by atoms with Crippen LogP contribution in [0.4, 0.5) is 9.80 Å². The van der Waals surface area contributed by atoms with Crippen LogP contribution in [0.2, 0.25) is 0 Å². The number of hydrogen-bond acceptors (Lipinski definition) is 4. The summed E-state index contributed by atoms with van der Waals surface area (Å²) >= 11 is 1.71. The van der Waals surface area contributed by atoms with Crippen molar-refractivity contribution >= 4 is 35.5 Å². The van der Waals surface area contributed by atoms with Crippen molar-refractivity contribution in [3.8, 4) is 0 Å². The summed E-state index contributed by atoms with van der Waals surface area (Å²) in [7, 11) is 4.35. The molecule has 2 amide bonds. The van der Waals surface area contributed by atoms with Gasteiger partial charge in [-0.1, -0.05) is 13.3 Å². The summed E-state index contributed by atoms with van der Waals surface area (Å²) < 4.78 is 6.36. The average molecular weight is 560 g/mol. The molecule has 4 aliphatic rings. The molecule has 0 atom stereocenters. The van der Waals surface area contributed by atoms with Crippen molar-refractivity contribution in [3.63, 3.8) is 0 Å². The molecule has 0 bridgehead atoms. The zero-order chi connectivity index (χ0) is 27.9. The van der Waals surface area contributed by atoms with Crippen molar-refractivity contribution in [2.45, 2.75) is 103 Å². The van der Waals surface area contributed by atoms with Gasteiger partial charge in [0.25, 0.3) is 0 Å². The van der Waals surface area contributed by atoms with Gasteiger partial charge in [0.05, 0.1) is 0 Å². The van der Waals surface area contributed by atoms with Crippen LogP contribution in [0.1, 0.15) is 100 Å². The van der Waals surface area contributed by atoms with Crippen LogP contribution >= 0.6 is 11.3 Å². The monoisotopic (exact) mass is 559 g/mol. The number of fused-ring (bicyclic) bond motifs is 1. The first-order valence-electron chi connectivity index (χ1n) is 15.6. The molecule has 0 unspecified atom stereocenters. The van der Waals surface area contributed by atoms with E-state index in [1.807, 2.05) is 0 Å². The molecule has 1 fully saturated rings. The molecule has 5 rings (SSSR count). The Kier molecular flexibility index (Phi) is 10.2. The molecule has 214 valence electrons. The molecule has 1 aromatic heterocycles. The number of carbonyl (C=O) groups excluding carboxylic acids is 1. The van der Waals surface area contributed by atoms with Gasteiger partial charge in [-0.2, -0.15) is 0 Å². The number of allylic oxidation sites excluding steroid dienone is 5. The first kappa shape index (κ1) is 29.1. The molecule has 3 N–H and O–H groups in total. The summed E-state index contributed by atoms with van der Waals surface area (Å²) in [6, 6.07) is -0.153. The van der Waals surface area contributed by atoms with Crippen molar-refractivity contribution in [2.75, 3.05) is 25.0 Å². The van der Waals surface area contributed by atoms with E-state index >= 15 is 0 Å². The molecule has 2 heterocycles. The third-order valence-electron chi connectivity index (χ3n) is 8.88. The summed E-state index contributed by atoms with van der Waals surface area (Å²) in [5, 5.41) is 10.9. The summed E-state index contributed by atoms with van der Waals surface area (Å²) in [6.45, 7) is 6.92. The number of rotatable bonds is 11. The fourth-order valence-corrected chi connectivity index (χ4v) is 7.94. The molecule has 0 radical (unpaired) electrons. The van der Waals surface area contributed by atoms with Gasteiger partial charge < -0.3 is 0 Å². The minimum atomic E-state index is -0.153. The van der Waals surface area contributed by atoms with Gasteiger partial charge in [0.1, 0.15) is 0 Å². The fraction of sp³-hybridized carbons (Fsp3) is 0.576. The van der Waals surface area contributed by atoms with Crippen LogP contribution in [0, 0.1) is 0 Å². The second kappa shape index (κ2) is 14.0. The van der Waals surface area contributed by atoms with E-state index in [9.17, 15) is 4.79 Å². The van der Waals surface area contributed by atoms with Crippen LogP contribution in [0.5, 0.6) is 0 Å². The maximum absolute atomic E-state index is 13.5. The average Bonchev–Trinajstić information content (AvgIpc) is 3.74. The Labute approximate surface area is 245 Å². The quantitative estimate of drug-likeness (QED) is 0.262. The van der Waals surface area contributed by atoms with E-state index in [0.717, 1.165) is 74.2 Å². The normalized spacial score (nSPS) is 19.8. The van der Waals surface area contributed by atoms with Crippen molar-refractivity contribution in [1.82, 2.24) is 10.6 Å². The number of thiophene rings is 1. The molecule has 7 heteroatoms.